The zero-order valence-corrected chi connectivity index (χ0v) is 25.0. The third-order valence-corrected chi connectivity index (χ3v) is 6.15. The number of carbonyl (C=O) groups is 1. The van der Waals surface area contributed by atoms with Gasteiger partial charge in [-0.3, -0.25) is 10.2 Å². The van der Waals surface area contributed by atoms with Crippen molar-refractivity contribution in [2.45, 2.75) is 46.6 Å². The van der Waals surface area contributed by atoms with Crippen molar-refractivity contribution >= 4 is 34.3 Å². The van der Waals surface area contributed by atoms with E-state index >= 15 is 4.39 Å². The number of nitrogens with zero attached hydrogens (tertiary/aromatic N) is 1. The predicted octanol–water partition coefficient (Wildman–Crippen LogP) is 5.59. The Morgan fingerprint density at radius 1 is 1.11 bits per heavy atom. The molecule has 0 unspecified atom stereocenters. The molecule has 3 rings (SSSR count). The van der Waals surface area contributed by atoms with E-state index in [4.69, 9.17) is 24.4 Å². The number of rotatable bonds is 12. The second-order valence-corrected chi connectivity index (χ2v) is 9.82. The molecule has 2 aromatic rings. The Hall–Kier alpha value is -2.85. The summed E-state index contributed by atoms with van der Waals surface area (Å²) in [7, 11) is 3.23. The number of methoxy groups -OCH3 is 2. The largest absolute Gasteiger partial charge is 0.494 e. The number of hydrogen-bond donors (Lipinski definition) is 2. The number of fused-ring (bicyclic) bond motifs is 1. The third-order valence-electron chi connectivity index (χ3n) is 6.15. The number of nitrogens with one attached hydrogen (secondary N) is 2. The van der Waals surface area contributed by atoms with Gasteiger partial charge in [0.1, 0.15) is 11.6 Å². The molecule has 0 saturated carbocycles. The molecule has 2 aromatic carbocycles. The zero-order chi connectivity index (χ0) is 27.3. The van der Waals surface area contributed by atoms with Crippen molar-refractivity contribution in [3.05, 3.63) is 46.3 Å². The van der Waals surface area contributed by atoms with E-state index in [1.54, 1.807) is 38.2 Å². The molecular weight excluding hydrogens is 557 g/mol. The Morgan fingerprint density at radius 2 is 1.79 bits per heavy atom. The van der Waals surface area contributed by atoms with Crippen LogP contribution < -0.4 is 19.5 Å². The fraction of sp³-hybridized carbons (Fsp3) is 0.500. The number of ether oxygens (including phenoxy) is 4. The van der Waals surface area contributed by atoms with Crippen molar-refractivity contribution in [3.8, 4) is 17.2 Å². The molecule has 0 radical (unpaired) electrons. The van der Waals surface area contributed by atoms with Crippen molar-refractivity contribution in [2.75, 3.05) is 52.4 Å². The number of halogens is 2. The molecule has 38 heavy (non-hydrogen) atoms. The number of Topliss-reactive ketones (excluding diaryl/α,β-unsaturated/α-hetero) is 1. The molecule has 10 heteroatoms. The van der Waals surface area contributed by atoms with Gasteiger partial charge in [0.2, 0.25) is 0 Å². The van der Waals surface area contributed by atoms with Crippen molar-refractivity contribution in [1.82, 2.24) is 4.90 Å². The summed E-state index contributed by atoms with van der Waals surface area (Å²) in [6.07, 6.45) is 0. The molecule has 0 saturated heterocycles. The van der Waals surface area contributed by atoms with Crippen molar-refractivity contribution < 1.29 is 28.1 Å². The van der Waals surface area contributed by atoms with Crippen LogP contribution in [0.4, 0.5) is 10.1 Å². The Bertz CT molecular complexity index is 1170. The van der Waals surface area contributed by atoms with E-state index in [0.29, 0.717) is 48.1 Å². The molecule has 0 fully saturated rings. The van der Waals surface area contributed by atoms with Crippen molar-refractivity contribution in [1.29, 1.82) is 5.41 Å². The summed E-state index contributed by atoms with van der Waals surface area (Å²) in [4.78, 5) is 15.1. The maximum absolute atomic E-state index is 15.4. The Morgan fingerprint density at radius 3 is 2.37 bits per heavy atom. The van der Waals surface area contributed by atoms with Gasteiger partial charge in [0.25, 0.3) is 0 Å². The van der Waals surface area contributed by atoms with E-state index in [1.807, 2.05) is 13.0 Å². The van der Waals surface area contributed by atoms with Crippen LogP contribution in [0.2, 0.25) is 0 Å². The number of hydrogen-bond acceptors (Lipinski definition) is 7. The number of carbonyl (C=O) groups excluding carboxylic acids is 1. The number of anilines is 1. The van der Waals surface area contributed by atoms with E-state index in [1.165, 1.54) is 0 Å². The smallest absolute Gasteiger partial charge is 0.197 e. The SMILES string of the molecule is Br.CCOc1cc2c(c(F)c1OCC)C(=N)N(CC(=O)c1cc(NCCOC)c(OC)c(C(C)(C)C)c1)C2. The van der Waals surface area contributed by atoms with Gasteiger partial charge in [-0.15, -0.1) is 17.0 Å². The van der Waals surface area contributed by atoms with Crippen LogP contribution in [0.15, 0.2) is 18.2 Å². The number of amidine groups is 1. The minimum atomic E-state index is -0.633. The molecule has 0 aromatic heterocycles. The fourth-order valence-electron chi connectivity index (χ4n) is 4.41. The zero-order valence-electron chi connectivity index (χ0n) is 23.2. The van der Waals surface area contributed by atoms with E-state index in [-0.39, 0.29) is 65.0 Å². The number of ketones is 1. The quantitative estimate of drug-likeness (QED) is 0.244. The van der Waals surface area contributed by atoms with Crippen LogP contribution in [0, 0.1) is 11.2 Å². The molecule has 0 amide bonds. The Kier molecular flexibility index (Phi) is 11.0. The minimum absolute atomic E-state index is 0. The third kappa shape index (κ3) is 6.58. The highest BCUT2D eigenvalue weighted by atomic mass is 79.9. The second-order valence-electron chi connectivity index (χ2n) is 9.82. The molecule has 0 bridgehead atoms. The monoisotopic (exact) mass is 595 g/mol. The van der Waals surface area contributed by atoms with Gasteiger partial charge >= 0.3 is 0 Å². The van der Waals surface area contributed by atoms with Crippen LogP contribution >= 0.6 is 17.0 Å². The molecule has 0 aliphatic carbocycles. The lowest BCUT2D eigenvalue weighted by Gasteiger charge is -2.26. The average Bonchev–Trinajstić information content (AvgIpc) is 3.15. The lowest BCUT2D eigenvalue weighted by atomic mass is 9.84. The van der Waals surface area contributed by atoms with Gasteiger partial charge in [0.05, 0.1) is 44.7 Å². The molecule has 1 aliphatic heterocycles. The van der Waals surface area contributed by atoms with Gasteiger partial charge in [-0.2, -0.15) is 0 Å². The van der Waals surface area contributed by atoms with E-state index < -0.39 is 5.82 Å². The summed E-state index contributed by atoms with van der Waals surface area (Å²) in [6.45, 7) is 11.5. The maximum atomic E-state index is 15.4. The van der Waals surface area contributed by atoms with Gasteiger partial charge in [-0.05, 0) is 43.0 Å². The van der Waals surface area contributed by atoms with Crippen molar-refractivity contribution in [3.63, 3.8) is 0 Å². The lowest BCUT2D eigenvalue weighted by molar-refractivity contribution is 0.0962. The van der Waals surface area contributed by atoms with Crippen LogP contribution in [-0.4, -0.2) is 63.6 Å². The molecule has 8 nitrogen and oxygen atoms in total. The van der Waals surface area contributed by atoms with Crippen molar-refractivity contribution in [2.24, 2.45) is 0 Å². The average molecular weight is 597 g/mol. The van der Waals surface area contributed by atoms with Crippen LogP contribution in [0.1, 0.15) is 61.7 Å². The predicted molar refractivity (Wildman–Crippen MR) is 153 cm³/mol. The highest BCUT2D eigenvalue weighted by Gasteiger charge is 2.33. The summed E-state index contributed by atoms with van der Waals surface area (Å²) in [6, 6.07) is 5.31. The molecule has 2 N–H and O–H groups in total. The highest BCUT2D eigenvalue weighted by molar-refractivity contribution is 8.93. The van der Waals surface area contributed by atoms with Gasteiger partial charge in [0.15, 0.2) is 23.1 Å². The summed E-state index contributed by atoms with van der Waals surface area (Å²) in [5.74, 6) is 0.113. The molecular formula is C28H39BrFN3O5. The number of benzene rings is 2. The topological polar surface area (TPSA) is 93.1 Å². The summed E-state index contributed by atoms with van der Waals surface area (Å²) in [5, 5.41) is 11.9. The lowest BCUT2D eigenvalue weighted by Crippen LogP contribution is -2.31. The van der Waals surface area contributed by atoms with Crippen LogP contribution in [0.5, 0.6) is 17.2 Å². The maximum Gasteiger partial charge on any atom is 0.197 e. The Labute approximate surface area is 235 Å². The molecule has 0 spiro atoms. The summed E-state index contributed by atoms with van der Waals surface area (Å²) in [5.41, 5.74) is 2.52. The van der Waals surface area contributed by atoms with E-state index in [0.717, 1.165) is 5.56 Å². The van der Waals surface area contributed by atoms with Gasteiger partial charge < -0.3 is 29.2 Å². The van der Waals surface area contributed by atoms with Gasteiger partial charge in [-0.1, -0.05) is 20.8 Å². The summed E-state index contributed by atoms with van der Waals surface area (Å²) < 4.78 is 37.3. The molecule has 1 heterocycles. The molecule has 210 valence electrons. The highest BCUT2D eigenvalue weighted by Crippen LogP contribution is 2.40. The normalized spacial score (nSPS) is 12.6. The molecule has 1 aliphatic rings. The van der Waals surface area contributed by atoms with Crippen LogP contribution in [-0.2, 0) is 16.7 Å². The fourth-order valence-corrected chi connectivity index (χ4v) is 4.41. The first-order valence-electron chi connectivity index (χ1n) is 12.5. The molecule has 0 atom stereocenters. The van der Waals surface area contributed by atoms with Crippen LogP contribution in [0.25, 0.3) is 0 Å². The van der Waals surface area contributed by atoms with Gasteiger partial charge in [0, 0.05) is 31.3 Å². The first-order chi connectivity index (χ1) is 17.6. The van der Waals surface area contributed by atoms with E-state index in [2.05, 4.69) is 26.1 Å². The Balaban J connectivity index is 0.00000507. The standard InChI is InChI=1S/C28H38FN3O5.BrH/c1-8-36-22-14-18-15-32(27(30)23(18)24(29)26(22)37-9-2)16-21(33)17-12-19(28(3,4)5)25(35-7)20(13-17)31-10-11-34-6;/h12-14,30-31H,8-11,15-16H2,1-7H3;1H. The first kappa shape index (κ1) is 31.4. The second kappa shape index (κ2) is 13.3. The first-order valence-corrected chi connectivity index (χ1v) is 12.5. The van der Waals surface area contributed by atoms with Crippen LogP contribution in [0.3, 0.4) is 0 Å². The summed E-state index contributed by atoms with van der Waals surface area (Å²) >= 11 is 0. The van der Waals surface area contributed by atoms with Gasteiger partial charge in [-0.25, -0.2) is 4.39 Å². The minimum Gasteiger partial charge on any atom is -0.494 e. The van der Waals surface area contributed by atoms with E-state index in [9.17, 15) is 4.79 Å².